The third-order valence-corrected chi connectivity index (χ3v) is 2.84. The van der Waals surface area contributed by atoms with Gasteiger partial charge in [-0.25, -0.2) is 4.79 Å². The van der Waals surface area contributed by atoms with Gasteiger partial charge in [0, 0.05) is 0 Å². The minimum atomic E-state index is -0.859. The highest BCUT2D eigenvalue weighted by Gasteiger charge is 2.15. The normalized spacial score (nSPS) is 9.57. The zero-order valence-corrected chi connectivity index (χ0v) is 9.15. The smallest absolute Gasteiger partial charge is 0.366 e. The molecule has 1 heterocycles. The molecule has 1 aromatic heterocycles. The maximum Gasteiger partial charge on any atom is 0.431 e. The van der Waals surface area contributed by atoms with Gasteiger partial charge in [-0.3, -0.25) is 10.1 Å². The Hall–Kier alpha value is -1.12. The molecule has 2 amide bonds. The number of halogens is 1. The number of carbonyl (C=O) groups excluding carboxylic acids is 2. The first kappa shape index (κ1) is 11.0. The van der Waals surface area contributed by atoms with Crippen LogP contribution in [0.5, 0.6) is 0 Å². The Balaban J connectivity index is 2.95. The van der Waals surface area contributed by atoms with Crippen LogP contribution in [0.1, 0.15) is 10.4 Å². The fourth-order valence-electron chi connectivity index (χ4n) is 0.759. The van der Waals surface area contributed by atoms with Crippen LogP contribution in [0.3, 0.4) is 0 Å². The fraction of sp³-hybridized carbons (Fsp3) is 0. The summed E-state index contributed by atoms with van der Waals surface area (Å²) in [4.78, 5) is 25.5. The number of primary amides is 1. The molecule has 0 saturated carbocycles. The molecular weight excluding hydrogens is 274 g/mol. The van der Waals surface area contributed by atoms with Crippen molar-refractivity contribution in [2.75, 3.05) is 5.32 Å². The van der Waals surface area contributed by atoms with Crippen LogP contribution in [-0.2, 0) is 4.84 Å². The highest BCUT2D eigenvalue weighted by molar-refractivity contribution is 9.11. The van der Waals surface area contributed by atoms with Crippen LogP contribution in [0.4, 0.5) is 9.80 Å². The van der Waals surface area contributed by atoms with Gasteiger partial charge in [0.15, 0.2) is 0 Å². The van der Waals surface area contributed by atoms with E-state index in [1.54, 1.807) is 0 Å². The molecule has 14 heavy (non-hydrogen) atoms. The first-order valence-corrected chi connectivity index (χ1v) is 4.92. The van der Waals surface area contributed by atoms with Gasteiger partial charge in [-0.15, -0.1) is 11.3 Å². The van der Waals surface area contributed by atoms with E-state index >= 15 is 0 Å². The van der Waals surface area contributed by atoms with Crippen LogP contribution in [0.25, 0.3) is 0 Å². The predicted octanol–water partition coefficient (Wildman–Crippen LogP) is 1.03. The van der Waals surface area contributed by atoms with E-state index in [0.717, 1.165) is 11.3 Å². The first-order chi connectivity index (χ1) is 6.54. The number of amides is 2. The summed E-state index contributed by atoms with van der Waals surface area (Å²) < 4.78 is 0.665. The average molecular weight is 280 g/mol. The summed E-state index contributed by atoms with van der Waals surface area (Å²) in [5.41, 5.74) is 5.27. The number of nitrogens with one attached hydrogen (secondary N) is 1. The van der Waals surface area contributed by atoms with Crippen LogP contribution < -0.4 is 16.9 Å². The quantitative estimate of drug-likeness (QED) is 0.703. The molecule has 0 radical (unpaired) electrons. The third kappa shape index (κ3) is 2.44. The Morgan fingerprint density at radius 3 is 2.71 bits per heavy atom. The first-order valence-electron chi connectivity index (χ1n) is 3.31. The number of carbonyl (C=O) groups is 2. The second-order valence-corrected chi connectivity index (χ2v) is 4.62. The zero-order chi connectivity index (χ0) is 10.7. The molecule has 0 atom stereocenters. The number of hydrogen-bond acceptors (Lipinski definition) is 5. The van der Waals surface area contributed by atoms with Gasteiger partial charge in [-0.2, -0.15) is 5.90 Å². The summed E-state index contributed by atoms with van der Waals surface area (Å²) in [5.74, 6) is 3.98. The van der Waals surface area contributed by atoms with Crippen LogP contribution >= 0.6 is 27.3 Å². The Morgan fingerprint density at radius 1 is 1.57 bits per heavy atom. The molecular formula is C6H6BrN3O3S. The number of anilines is 1. The zero-order valence-electron chi connectivity index (χ0n) is 6.74. The van der Waals surface area contributed by atoms with E-state index in [9.17, 15) is 9.59 Å². The van der Waals surface area contributed by atoms with Crippen molar-refractivity contribution in [1.29, 1.82) is 0 Å². The Morgan fingerprint density at radius 2 is 2.21 bits per heavy atom. The van der Waals surface area contributed by atoms with Crippen LogP contribution in [0.15, 0.2) is 9.85 Å². The molecule has 0 unspecified atom stereocenters. The van der Waals surface area contributed by atoms with E-state index in [1.165, 1.54) is 6.07 Å². The van der Waals surface area contributed by atoms with E-state index in [-0.39, 0.29) is 5.56 Å². The molecule has 76 valence electrons. The monoisotopic (exact) mass is 279 g/mol. The summed E-state index contributed by atoms with van der Waals surface area (Å²) in [7, 11) is 0. The lowest BCUT2D eigenvalue weighted by Gasteiger charge is -2.00. The summed E-state index contributed by atoms with van der Waals surface area (Å²) in [6.45, 7) is 0. The molecule has 0 saturated heterocycles. The summed E-state index contributed by atoms with van der Waals surface area (Å²) in [6, 6.07) is 1.50. The lowest BCUT2D eigenvalue weighted by atomic mass is 10.3. The van der Waals surface area contributed by atoms with Gasteiger partial charge >= 0.3 is 6.09 Å². The maximum absolute atomic E-state index is 10.9. The van der Waals surface area contributed by atoms with Crippen LogP contribution in [0, 0.1) is 0 Å². The van der Waals surface area contributed by atoms with Gasteiger partial charge in [0.1, 0.15) is 5.00 Å². The van der Waals surface area contributed by atoms with Gasteiger partial charge < -0.3 is 10.6 Å². The molecule has 0 aromatic carbocycles. The second kappa shape index (κ2) is 4.40. The highest BCUT2D eigenvalue weighted by atomic mass is 79.9. The summed E-state index contributed by atoms with van der Waals surface area (Å²) in [5, 5.41) is 2.56. The molecule has 1 rings (SSSR count). The van der Waals surface area contributed by atoms with Gasteiger partial charge in [0.25, 0.3) is 5.91 Å². The molecule has 0 aliphatic heterocycles. The van der Waals surface area contributed by atoms with Crippen molar-refractivity contribution < 1.29 is 14.4 Å². The number of hydrogen-bond donors (Lipinski definition) is 3. The molecule has 0 aliphatic carbocycles. The topological polar surface area (TPSA) is 107 Å². The molecule has 8 heteroatoms. The van der Waals surface area contributed by atoms with Crippen LogP contribution in [0.2, 0.25) is 0 Å². The maximum atomic E-state index is 10.9. The molecule has 0 bridgehead atoms. The van der Waals surface area contributed by atoms with E-state index in [1.807, 2.05) is 0 Å². The van der Waals surface area contributed by atoms with Gasteiger partial charge in [0.05, 0.1) is 9.35 Å². The fourth-order valence-corrected chi connectivity index (χ4v) is 2.25. The highest BCUT2D eigenvalue weighted by Crippen LogP contribution is 2.31. The van der Waals surface area contributed by atoms with Gasteiger partial charge in [0.2, 0.25) is 0 Å². The van der Waals surface area contributed by atoms with Crippen molar-refractivity contribution in [1.82, 2.24) is 0 Å². The van der Waals surface area contributed by atoms with Crippen molar-refractivity contribution >= 4 is 44.3 Å². The molecule has 0 spiro atoms. The number of thiophene rings is 1. The van der Waals surface area contributed by atoms with Crippen molar-refractivity contribution in [3.05, 3.63) is 15.4 Å². The molecule has 5 N–H and O–H groups in total. The van der Waals surface area contributed by atoms with Gasteiger partial charge in [-0.1, -0.05) is 0 Å². The van der Waals surface area contributed by atoms with Crippen LogP contribution in [-0.4, -0.2) is 12.0 Å². The number of rotatable bonds is 2. The molecule has 1 aromatic rings. The lowest BCUT2D eigenvalue weighted by Crippen LogP contribution is -2.19. The molecule has 0 fully saturated rings. The third-order valence-electron chi connectivity index (χ3n) is 1.29. The summed E-state index contributed by atoms with van der Waals surface area (Å²) >= 11 is 4.29. The Kier molecular flexibility index (Phi) is 3.44. The van der Waals surface area contributed by atoms with Crippen molar-refractivity contribution in [2.24, 2.45) is 11.6 Å². The van der Waals surface area contributed by atoms with Crippen molar-refractivity contribution in [3.63, 3.8) is 0 Å². The standard InChI is InChI=1S/C6H6BrN3O3S/c7-3-1-2(4(8)11)5(14-3)10-6(12)13-9/h1H,9H2,(H2,8,11)(H,10,12). The Labute approximate surface area is 91.3 Å². The van der Waals surface area contributed by atoms with E-state index < -0.39 is 12.0 Å². The van der Waals surface area contributed by atoms with Crippen molar-refractivity contribution in [2.45, 2.75) is 0 Å². The largest absolute Gasteiger partial charge is 0.431 e. The number of nitrogens with two attached hydrogens (primary N) is 2. The second-order valence-electron chi connectivity index (χ2n) is 2.19. The Bertz CT molecular complexity index is 378. The minimum absolute atomic E-state index is 0.201. The minimum Gasteiger partial charge on any atom is -0.366 e. The molecule has 6 nitrogen and oxygen atoms in total. The SMILES string of the molecule is NOC(=O)Nc1sc(Br)cc1C(N)=O. The average Bonchev–Trinajstić information content (AvgIpc) is 2.46. The van der Waals surface area contributed by atoms with E-state index in [4.69, 9.17) is 5.73 Å². The molecule has 0 aliphatic rings. The predicted molar refractivity (Wildman–Crippen MR) is 54.8 cm³/mol. The lowest BCUT2D eigenvalue weighted by molar-refractivity contribution is 0.100. The van der Waals surface area contributed by atoms with Crippen molar-refractivity contribution in [3.8, 4) is 0 Å². The van der Waals surface area contributed by atoms with E-state index in [0.29, 0.717) is 8.79 Å². The summed E-state index contributed by atoms with van der Waals surface area (Å²) in [6.07, 6.45) is -0.859. The van der Waals surface area contributed by atoms with Gasteiger partial charge in [-0.05, 0) is 22.0 Å². The van der Waals surface area contributed by atoms with E-state index in [2.05, 4.69) is 32.0 Å².